The Balaban J connectivity index is 4.29. The maximum Gasteiger partial charge on any atom is 0.355 e. The summed E-state index contributed by atoms with van der Waals surface area (Å²) in [6, 6.07) is -1.84. The highest BCUT2D eigenvalue weighted by Crippen LogP contribution is 2.40. The second-order valence-corrected chi connectivity index (χ2v) is 4.80. The monoisotopic (exact) mass is 226 g/mol. The molecule has 6 N–H and O–H groups in total. The van der Waals surface area contributed by atoms with Crippen LogP contribution in [-0.4, -0.2) is 38.7 Å². The van der Waals surface area contributed by atoms with Crippen LogP contribution in [0.15, 0.2) is 0 Å². The van der Waals surface area contributed by atoms with Gasteiger partial charge in [-0.1, -0.05) is 0 Å². The molecule has 0 heterocycles. The Labute approximate surface area is 81.5 Å². The van der Waals surface area contributed by atoms with Gasteiger partial charge < -0.3 is 25.9 Å². The molecule has 84 valence electrons. The summed E-state index contributed by atoms with van der Waals surface area (Å²) in [5.74, 6) is -2.49. The fourth-order valence-electron chi connectivity index (χ4n) is 0.722. The lowest BCUT2D eigenvalue weighted by Gasteiger charge is -2.21. The number of carbonyl (C=O) groups is 1. The first-order valence-electron chi connectivity index (χ1n) is 3.95. The number of rotatable bonds is 4. The molecule has 0 radical (unpaired) electrons. The minimum atomic E-state index is -4.60. The molecule has 0 rings (SSSR count). The molecule has 7 nitrogen and oxygen atoms in total. The molecule has 0 saturated carbocycles. The molecule has 0 aromatic rings. The molecule has 0 fully saturated rings. The zero-order valence-electron chi connectivity index (χ0n) is 7.91. The van der Waals surface area contributed by atoms with Gasteiger partial charge in [-0.15, -0.1) is 0 Å². The van der Waals surface area contributed by atoms with Crippen LogP contribution in [0.2, 0.25) is 0 Å². The standard InChI is InChI=1S/C6H15N2O5P/c1-3(7)5(9)8-4(2)6(10)14(11,12)13/h3-4,6,10H,7H2,1-2H3,(H,8,9)(H2,11,12,13)/t3-,4+,6+/m0/s1. The predicted molar refractivity (Wildman–Crippen MR) is 49.3 cm³/mol. The molecule has 0 spiro atoms. The van der Waals surface area contributed by atoms with E-state index in [1.54, 1.807) is 0 Å². The van der Waals surface area contributed by atoms with Gasteiger partial charge in [-0.2, -0.15) is 0 Å². The molecule has 0 aliphatic carbocycles. The molecule has 14 heavy (non-hydrogen) atoms. The van der Waals surface area contributed by atoms with Crippen LogP contribution in [0.3, 0.4) is 0 Å². The van der Waals surface area contributed by atoms with E-state index < -0.39 is 31.4 Å². The van der Waals surface area contributed by atoms with Gasteiger partial charge in [-0.05, 0) is 13.8 Å². The fourth-order valence-corrected chi connectivity index (χ4v) is 1.38. The van der Waals surface area contributed by atoms with Crippen LogP contribution in [0.5, 0.6) is 0 Å². The maximum absolute atomic E-state index is 11.0. The normalized spacial score (nSPS) is 18.4. The third kappa shape index (κ3) is 4.17. The molecule has 0 aliphatic rings. The second-order valence-electron chi connectivity index (χ2n) is 3.09. The predicted octanol–water partition coefficient (Wildman–Crippen LogP) is -1.67. The number of carbonyl (C=O) groups excluding carboxylic acids is 1. The lowest BCUT2D eigenvalue weighted by molar-refractivity contribution is -0.123. The van der Waals surface area contributed by atoms with Crippen LogP contribution in [0, 0.1) is 0 Å². The van der Waals surface area contributed by atoms with Crippen molar-refractivity contribution in [2.75, 3.05) is 0 Å². The van der Waals surface area contributed by atoms with Crippen molar-refractivity contribution < 1.29 is 24.3 Å². The van der Waals surface area contributed by atoms with E-state index in [4.69, 9.17) is 20.6 Å². The highest BCUT2D eigenvalue weighted by Gasteiger charge is 2.32. The number of amides is 1. The first-order valence-corrected chi connectivity index (χ1v) is 5.63. The summed E-state index contributed by atoms with van der Waals surface area (Å²) in [6.45, 7) is 2.70. The number of hydrogen-bond donors (Lipinski definition) is 5. The molecule has 1 amide bonds. The van der Waals surface area contributed by atoms with Crippen LogP contribution < -0.4 is 11.1 Å². The van der Waals surface area contributed by atoms with Crippen LogP contribution in [-0.2, 0) is 9.36 Å². The molecule has 0 aromatic carbocycles. The van der Waals surface area contributed by atoms with Gasteiger partial charge in [0.25, 0.3) is 0 Å². The van der Waals surface area contributed by atoms with E-state index in [1.165, 1.54) is 13.8 Å². The molecule has 0 saturated heterocycles. The Kier molecular flexibility index (Phi) is 4.70. The number of aliphatic hydroxyl groups is 1. The van der Waals surface area contributed by atoms with E-state index in [2.05, 4.69) is 5.32 Å². The van der Waals surface area contributed by atoms with Crippen molar-refractivity contribution in [2.24, 2.45) is 5.73 Å². The van der Waals surface area contributed by atoms with Gasteiger partial charge >= 0.3 is 7.60 Å². The Hall–Kier alpha value is -0.460. The summed E-state index contributed by atoms with van der Waals surface area (Å²) >= 11 is 0. The largest absolute Gasteiger partial charge is 0.379 e. The van der Waals surface area contributed by atoms with Crippen LogP contribution in [0.4, 0.5) is 0 Å². The summed E-state index contributed by atoms with van der Waals surface area (Å²) in [5, 5.41) is 11.2. The molecule has 3 atom stereocenters. The van der Waals surface area contributed by atoms with Crippen molar-refractivity contribution in [3.63, 3.8) is 0 Å². The second kappa shape index (κ2) is 4.86. The van der Waals surface area contributed by atoms with Gasteiger partial charge in [-0.3, -0.25) is 9.36 Å². The highest BCUT2D eigenvalue weighted by molar-refractivity contribution is 7.52. The van der Waals surface area contributed by atoms with Crippen molar-refractivity contribution in [1.29, 1.82) is 0 Å². The van der Waals surface area contributed by atoms with Crippen molar-refractivity contribution >= 4 is 13.5 Å². The van der Waals surface area contributed by atoms with E-state index in [1.807, 2.05) is 0 Å². The molecule has 0 unspecified atom stereocenters. The number of hydrogen-bond acceptors (Lipinski definition) is 4. The Bertz CT molecular complexity index is 251. The molecule has 0 aliphatic heterocycles. The third-order valence-corrected chi connectivity index (χ3v) is 2.71. The molecular formula is C6H15N2O5P. The molecule has 0 aromatic heterocycles. The summed E-state index contributed by atoms with van der Waals surface area (Å²) in [7, 11) is -4.60. The minimum absolute atomic E-state index is 0.579. The quantitative estimate of drug-likeness (QED) is 0.364. The van der Waals surface area contributed by atoms with E-state index in [9.17, 15) is 9.36 Å². The molecule has 0 bridgehead atoms. The van der Waals surface area contributed by atoms with Crippen LogP contribution >= 0.6 is 7.60 Å². The molecular weight excluding hydrogens is 211 g/mol. The number of aliphatic hydroxyl groups excluding tert-OH is 1. The fraction of sp³-hybridized carbons (Fsp3) is 0.833. The van der Waals surface area contributed by atoms with E-state index in [-0.39, 0.29) is 0 Å². The van der Waals surface area contributed by atoms with Crippen molar-refractivity contribution in [3.8, 4) is 0 Å². The SMILES string of the molecule is C[C@H](N)C(=O)N[C@H](C)[C@H](O)P(=O)(O)O. The van der Waals surface area contributed by atoms with Crippen molar-refractivity contribution in [3.05, 3.63) is 0 Å². The van der Waals surface area contributed by atoms with Gasteiger partial charge in [-0.25, -0.2) is 0 Å². The number of nitrogens with two attached hydrogens (primary N) is 1. The summed E-state index contributed by atoms with van der Waals surface area (Å²) in [6.07, 6.45) is 0. The average molecular weight is 226 g/mol. The van der Waals surface area contributed by atoms with Gasteiger partial charge in [0.1, 0.15) is 0 Å². The lowest BCUT2D eigenvalue weighted by Crippen LogP contribution is -2.47. The van der Waals surface area contributed by atoms with Crippen molar-refractivity contribution in [2.45, 2.75) is 31.8 Å². The zero-order chi connectivity index (χ0) is 11.5. The smallest absolute Gasteiger partial charge is 0.355 e. The first kappa shape index (κ1) is 13.5. The zero-order valence-corrected chi connectivity index (χ0v) is 8.81. The Morgan fingerprint density at radius 2 is 1.86 bits per heavy atom. The minimum Gasteiger partial charge on any atom is -0.379 e. The Morgan fingerprint density at radius 1 is 1.43 bits per heavy atom. The average Bonchev–Trinajstić information content (AvgIpc) is 2.00. The Morgan fingerprint density at radius 3 is 2.14 bits per heavy atom. The lowest BCUT2D eigenvalue weighted by atomic mass is 10.3. The topological polar surface area (TPSA) is 133 Å². The van der Waals surface area contributed by atoms with E-state index in [0.717, 1.165) is 0 Å². The summed E-state index contributed by atoms with van der Waals surface area (Å²) in [4.78, 5) is 28.2. The van der Waals surface area contributed by atoms with E-state index >= 15 is 0 Å². The van der Waals surface area contributed by atoms with Gasteiger partial charge in [0.05, 0.1) is 12.1 Å². The third-order valence-electron chi connectivity index (χ3n) is 1.58. The first-order chi connectivity index (χ1) is 6.16. The van der Waals surface area contributed by atoms with Crippen LogP contribution in [0.1, 0.15) is 13.8 Å². The van der Waals surface area contributed by atoms with Gasteiger partial charge in [0, 0.05) is 0 Å². The summed E-state index contributed by atoms with van der Waals surface area (Å²) in [5.41, 5.74) is 5.21. The van der Waals surface area contributed by atoms with Crippen molar-refractivity contribution in [1.82, 2.24) is 5.32 Å². The van der Waals surface area contributed by atoms with Gasteiger partial charge in [0.15, 0.2) is 5.85 Å². The van der Waals surface area contributed by atoms with Gasteiger partial charge in [0.2, 0.25) is 5.91 Å². The van der Waals surface area contributed by atoms with E-state index in [0.29, 0.717) is 0 Å². The summed E-state index contributed by atoms with van der Waals surface area (Å²) < 4.78 is 10.6. The number of nitrogens with one attached hydrogen (secondary N) is 1. The van der Waals surface area contributed by atoms with Crippen LogP contribution in [0.25, 0.3) is 0 Å². The highest BCUT2D eigenvalue weighted by atomic mass is 31.2. The maximum atomic E-state index is 11.0. The molecule has 8 heteroatoms.